The molecule has 7 nitrogen and oxygen atoms in total. The molecule has 4 rings (SSSR count). The van der Waals surface area contributed by atoms with E-state index >= 15 is 0 Å². The molecular weight excluding hydrogens is 436 g/mol. The van der Waals surface area contributed by atoms with Gasteiger partial charge in [-0.05, 0) is 76.0 Å². The molecule has 0 radical (unpaired) electrons. The first-order valence-corrected chi connectivity index (χ1v) is 14.1. The van der Waals surface area contributed by atoms with E-state index in [0.717, 1.165) is 49.6 Å². The van der Waals surface area contributed by atoms with Gasteiger partial charge in [-0.25, -0.2) is 8.42 Å². The SMILES string of the molecule is O=C(Cn1ccc2cc(S(=O)(=O)N3CCCCCC3)ccc21)NCCCN1CCCCCC1. The predicted octanol–water partition coefficient (Wildman–Crippen LogP) is 3.59. The smallest absolute Gasteiger partial charge is 0.243 e. The van der Waals surface area contributed by atoms with Crippen molar-refractivity contribution in [2.75, 3.05) is 39.3 Å². The van der Waals surface area contributed by atoms with E-state index in [1.54, 1.807) is 16.4 Å². The van der Waals surface area contributed by atoms with E-state index in [1.165, 1.54) is 38.8 Å². The predicted molar refractivity (Wildman–Crippen MR) is 132 cm³/mol. The number of nitrogens with zero attached hydrogens (tertiary/aromatic N) is 3. The number of aromatic nitrogens is 1. The summed E-state index contributed by atoms with van der Waals surface area (Å²) in [6.07, 6.45) is 12.1. The maximum atomic E-state index is 13.1. The molecule has 0 bridgehead atoms. The first kappa shape index (κ1) is 24.2. The van der Waals surface area contributed by atoms with Gasteiger partial charge in [-0.2, -0.15) is 4.31 Å². The zero-order valence-electron chi connectivity index (χ0n) is 19.7. The lowest BCUT2D eigenvalue weighted by atomic mass is 10.2. The minimum atomic E-state index is -3.48. The van der Waals surface area contributed by atoms with Crippen LogP contribution in [-0.4, -0.2) is 67.4 Å². The third-order valence-corrected chi connectivity index (χ3v) is 8.83. The lowest BCUT2D eigenvalue weighted by Gasteiger charge is -2.20. The van der Waals surface area contributed by atoms with Crippen LogP contribution in [0.25, 0.3) is 10.9 Å². The summed E-state index contributed by atoms with van der Waals surface area (Å²) < 4.78 is 29.7. The molecule has 1 N–H and O–H groups in total. The molecular formula is C25H38N4O3S. The molecule has 2 aliphatic rings. The number of likely N-dealkylation sites (tertiary alicyclic amines) is 1. The van der Waals surface area contributed by atoms with Crippen molar-refractivity contribution in [1.82, 2.24) is 19.1 Å². The van der Waals surface area contributed by atoms with Crippen LogP contribution in [-0.2, 0) is 21.4 Å². The van der Waals surface area contributed by atoms with Crippen LogP contribution in [0.3, 0.4) is 0 Å². The summed E-state index contributed by atoms with van der Waals surface area (Å²) in [6, 6.07) is 7.14. The fourth-order valence-electron chi connectivity index (χ4n) is 5.01. The van der Waals surface area contributed by atoms with E-state index in [4.69, 9.17) is 0 Å². The van der Waals surface area contributed by atoms with Crippen molar-refractivity contribution in [2.24, 2.45) is 0 Å². The van der Waals surface area contributed by atoms with E-state index in [9.17, 15) is 13.2 Å². The van der Waals surface area contributed by atoms with Crippen molar-refractivity contribution in [2.45, 2.75) is 69.2 Å². The second-order valence-corrected chi connectivity index (χ2v) is 11.4. The van der Waals surface area contributed by atoms with Gasteiger partial charge >= 0.3 is 0 Å². The van der Waals surface area contributed by atoms with Gasteiger partial charge < -0.3 is 14.8 Å². The second kappa shape index (κ2) is 11.5. The summed E-state index contributed by atoms with van der Waals surface area (Å²) >= 11 is 0. The van der Waals surface area contributed by atoms with Crippen molar-refractivity contribution in [3.63, 3.8) is 0 Å². The fraction of sp³-hybridized carbons (Fsp3) is 0.640. The highest BCUT2D eigenvalue weighted by molar-refractivity contribution is 7.89. The lowest BCUT2D eigenvalue weighted by Crippen LogP contribution is -2.32. The van der Waals surface area contributed by atoms with Gasteiger partial charge in [0.1, 0.15) is 6.54 Å². The van der Waals surface area contributed by atoms with E-state index < -0.39 is 10.0 Å². The normalized spacial score (nSPS) is 19.3. The third-order valence-electron chi connectivity index (χ3n) is 6.93. The Morgan fingerprint density at radius 2 is 1.55 bits per heavy atom. The van der Waals surface area contributed by atoms with Crippen LogP contribution in [0.15, 0.2) is 35.4 Å². The van der Waals surface area contributed by atoms with E-state index in [2.05, 4.69) is 10.2 Å². The Balaban J connectivity index is 1.32. The summed E-state index contributed by atoms with van der Waals surface area (Å²) in [6.45, 7) is 5.52. The Morgan fingerprint density at radius 1 is 0.879 bits per heavy atom. The molecule has 33 heavy (non-hydrogen) atoms. The van der Waals surface area contributed by atoms with Crippen LogP contribution in [0, 0.1) is 0 Å². The summed E-state index contributed by atoms with van der Waals surface area (Å²) in [5.41, 5.74) is 0.879. The second-order valence-electron chi connectivity index (χ2n) is 9.44. The van der Waals surface area contributed by atoms with Crippen LogP contribution in [0.2, 0.25) is 0 Å². The highest BCUT2D eigenvalue weighted by atomic mass is 32.2. The van der Waals surface area contributed by atoms with Crippen LogP contribution < -0.4 is 5.32 Å². The minimum Gasteiger partial charge on any atom is -0.355 e. The molecule has 2 saturated heterocycles. The molecule has 8 heteroatoms. The number of fused-ring (bicyclic) bond motifs is 1. The van der Waals surface area contributed by atoms with Gasteiger partial charge in [-0.15, -0.1) is 0 Å². The van der Waals surface area contributed by atoms with Crippen LogP contribution in [0.5, 0.6) is 0 Å². The van der Waals surface area contributed by atoms with Crippen LogP contribution in [0.4, 0.5) is 0 Å². The fourth-order valence-corrected chi connectivity index (χ4v) is 6.56. The average Bonchev–Trinajstić information content (AvgIpc) is 3.03. The highest BCUT2D eigenvalue weighted by Crippen LogP contribution is 2.25. The van der Waals surface area contributed by atoms with Gasteiger partial charge in [-0.1, -0.05) is 25.7 Å². The van der Waals surface area contributed by atoms with Gasteiger partial charge in [0.15, 0.2) is 0 Å². The number of carbonyl (C=O) groups is 1. The molecule has 1 aromatic carbocycles. The zero-order chi connectivity index (χ0) is 23.1. The first-order valence-electron chi connectivity index (χ1n) is 12.6. The number of carbonyl (C=O) groups excluding carboxylic acids is 1. The molecule has 1 aromatic heterocycles. The molecule has 182 valence electrons. The van der Waals surface area contributed by atoms with Gasteiger partial charge in [-0.3, -0.25) is 4.79 Å². The maximum Gasteiger partial charge on any atom is 0.243 e. The topological polar surface area (TPSA) is 74.6 Å². The van der Waals surface area contributed by atoms with E-state index in [-0.39, 0.29) is 12.5 Å². The standard InChI is InChI=1S/C25H38N4O3S/c30-25(26-13-9-16-27-14-5-1-2-6-15-27)21-28-19-12-22-20-23(10-11-24(22)28)33(31,32)29-17-7-3-4-8-18-29/h10-12,19-20H,1-9,13-18,21H2,(H,26,30). The van der Waals surface area contributed by atoms with Crippen molar-refractivity contribution in [3.8, 4) is 0 Å². The van der Waals surface area contributed by atoms with Gasteiger partial charge in [0, 0.05) is 36.7 Å². The molecule has 1 amide bonds. The van der Waals surface area contributed by atoms with E-state index in [1.807, 2.05) is 22.9 Å². The van der Waals surface area contributed by atoms with Crippen molar-refractivity contribution >= 4 is 26.8 Å². The number of amides is 1. The Bertz CT molecular complexity index is 1020. The summed E-state index contributed by atoms with van der Waals surface area (Å²) in [5.74, 6) is -0.00960. The van der Waals surface area contributed by atoms with Crippen molar-refractivity contribution < 1.29 is 13.2 Å². The molecule has 0 spiro atoms. The van der Waals surface area contributed by atoms with Crippen LogP contribution >= 0.6 is 0 Å². The Kier molecular flexibility index (Phi) is 8.44. The number of hydrogen-bond acceptors (Lipinski definition) is 4. The first-order chi connectivity index (χ1) is 16.0. The summed E-state index contributed by atoms with van der Waals surface area (Å²) in [5, 5.41) is 3.88. The number of sulfonamides is 1. The average molecular weight is 475 g/mol. The highest BCUT2D eigenvalue weighted by Gasteiger charge is 2.25. The Hall–Kier alpha value is -1.90. The zero-order valence-corrected chi connectivity index (χ0v) is 20.5. The molecule has 0 atom stereocenters. The van der Waals surface area contributed by atoms with E-state index in [0.29, 0.717) is 24.5 Å². The van der Waals surface area contributed by atoms with Gasteiger partial charge in [0.05, 0.1) is 4.90 Å². The molecule has 3 heterocycles. The van der Waals surface area contributed by atoms with Gasteiger partial charge in [0.2, 0.25) is 15.9 Å². The summed E-state index contributed by atoms with van der Waals surface area (Å²) in [7, 11) is -3.48. The molecule has 0 unspecified atom stereocenters. The maximum absolute atomic E-state index is 13.1. The largest absolute Gasteiger partial charge is 0.355 e. The number of benzene rings is 1. The number of hydrogen-bond donors (Lipinski definition) is 1. The minimum absolute atomic E-state index is 0.00960. The van der Waals surface area contributed by atoms with Crippen molar-refractivity contribution in [3.05, 3.63) is 30.5 Å². The number of rotatable bonds is 8. The quantitative estimate of drug-likeness (QED) is 0.594. The molecule has 0 saturated carbocycles. The molecule has 2 fully saturated rings. The Morgan fingerprint density at radius 3 is 2.24 bits per heavy atom. The third kappa shape index (κ3) is 6.37. The number of nitrogens with one attached hydrogen (secondary N) is 1. The molecule has 0 aliphatic carbocycles. The van der Waals surface area contributed by atoms with Crippen molar-refractivity contribution in [1.29, 1.82) is 0 Å². The lowest BCUT2D eigenvalue weighted by molar-refractivity contribution is -0.121. The van der Waals surface area contributed by atoms with Gasteiger partial charge in [0.25, 0.3) is 0 Å². The molecule has 2 aliphatic heterocycles. The van der Waals surface area contributed by atoms with Crippen LogP contribution in [0.1, 0.15) is 57.8 Å². The Labute approximate surface area is 198 Å². The summed E-state index contributed by atoms with van der Waals surface area (Å²) in [4.78, 5) is 15.3. The monoisotopic (exact) mass is 474 g/mol. The molecule has 2 aromatic rings.